The van der Waals surface area contributed by atoms with Gasteiger partial charge in [-0.05, 0) is 17.7 Å². The maximum absolute atomic E-state index is 9.47. The minimum absolute atomic E-state index is 0.0155. The second kappa shape index (κ2) is 5.25. The molecule has 0 aliphatic carbocycles. The van der Waals surface area contributed by atoms with Gasteiger partial charge >= 0.3 is 0 Å². The largest absolute Gasteiger partial charge is 0.504 e. The lowest BCUT2D eigenvalue weighted by atomic mass is 10.1. The molecule has 0 fully saturated rings. The Morgan fingerprint density at radius 3 is 2.87 bits per heavy atom. The number of ether oxygens (including phenoxy) is 1. The third-order valence-electron chi connectivity index (χ3n) is 1.90. The van der Waals surface area contributed by atoms with Crippen LogP contribution in [0.1, 0.15) is 11.7 Å². The molecule has 0 radical (unpaired) electrons. The van der Waals surface area contributed by atoms with E-state index < -0.39 is 6.10 Å². The van der Waals surface area contributed by atoms with Crippen LogP contribution in [0.2, 0.25) is 0 Å². The first-order valence-electron chi connectivity index (χ1n) is 4.46. The molecule has 0 aliphatic rings. The van der Waals surface area contributed by atoms with E-state index in [1.165, 1.54) is 12.1 Å². The summed E-state index contributed by atoms with van der Waals surface area (Å²) in [6.45, 7) is 0.176. The van der Waals surface area contributed by atoms with Gasteiger partial charge in [-0.15, -0.1) is 6.42 Å². The molecule has 0 aromatic heterocycles. The first-order chi connectivity index (χ1) is 7.19. The highest BCUT2D eigenvalue weighted by Crippen LogP contribution is 2.28. The van der Waals surface area contributed by atoms with Crippen molar-refractivity contribution >= 4 is 0 Å². The lowest BCUT2D eigenvalue weighted by Gasteiger charge is -2.11. The number of nitrogens with two attached hydrogens (primary N) is 1. The Morgan fingerprint density at radius 2 is 2.27 bits per heavy atom. The van der Waals surface area contributed by atoms with E-state index in [1.807, 2.05) is 0 Å². The van der Waals surface area contributed by atoms with E-state index in [-0.39, 0.29) is 24.7 Å². The van der Waals surface area contributed by atoms with Gasteiger partial charge in [0.25, 0.3) is 0 Å². The van der Waals surface area contributed by atoms with Crippen molar-refractivity contribution in [3.63, 3.8) is 0 Å². The van der Waals surface area contributed by atoms with Gasteiger partial charge in [-0.3, -0.25) is 0 Å². The van der Waals surface area contributed by atoms with Crippen molar-refractivity contribution in [2.45, 2.75) is 6.10 Å². The number of phenols is 1. The highest BCUT2D eigenvalue weighted by atomic mass is 16.5. The Bertz CT molecular complexity index is 371. The van der Waals surface area contributed by atoms with E-state index in [2.05, 4.69) is 5.92 Å². The van der Waals surface area contributed by atoms with E-state index >= 15 is 0 Å². The topological polar surface area (TPSA) is 75.7 Å². The van der Waals surface area contributed by atoms with Crippen molar-refractivity contribution < 1.29 is 14.9 Å². The summed E-state index contributed by atoms with van der Waals surface area (Å²) in [5.41, 5.74) is 5.89. The number of aliphatic hydroxyl groups excluding tert-OH is 1. The quantitative estimate of drug-likeness (QED) is 0.624. The Morgan fingerprint density at radius 1 is 1.53 bits per heavy atom. The van der Waals surface area contributed by atoms with Gasteiger partial charge in [-0.1, -0.05) is 12.0 Å². The molecule has 4 N–H and O–H groups in total. The maximum Gasteiger partial charge on any atom is 0.162 e. The molecule has 1 rings (SSSR count). The third-order valence-corrected chi connectivity index (χ3v) is 1.90. The van der Waals surface area contributed by atoms with Crippen molar-refractivity contribution in [1.29, 1.82) is 0 Å². The molecule has 0 heterocycles. The van der Waals surface area contributed by atoms with Crippen LogP contribution in [0.25, 0.3) is 0 Å². The lowest BCUT2D eigenvalue weighted by molar-refractivity contribution is 0.186. The summed E-state index contributed by atoms with van der Waals surface area (Å²) in [6, 6.07) is 4.53. The summed E-state index contributed by atoms with van der Waals surface area (Å²) in [6.07, 6.45) is 4.26. The first kappa shape index (κ1) is 11.4. The Kier molecular flexibility index (Phi) is 3.98. The molecule has 4 heteroatoms. The van der Waals surface area contributed by atoms with E-state index in [9.17, 15) is 10.2 Å². The minimum atomic E-state index is -0.765. The summed E-state index contributed by atoms with van der Waals surface area (Å²) in [5, 5.41) is 18.9. The van der Waals surface area contributed by atoms with Crippen LogP contribution in [0, 0.1) is 12.3 Å². The number of aliphatic hydroxyl groups is 1. The average Bonchev–Trinajstić information content (AvgIpc) is 2.27. The molecule has 0 bridgehead atoms. The number of rotatable bonds is 4. The van der Waals surface area contributed by atoms with E-state index in [4.69, 9.17) is 16.9 Å². The molecule has 80 valence electrons. The zero-order valence-electron chi connectivity index (χ0n) is 8.18. The maximum atomic E-state index is 9.47. The summed E-state index contributed by atoms with van der Waals surface area (Å²) in [4.78, 5) is 0. The molecular formula is C11H13NO3. The van der Waals surface area contributed by atoms with Crippen molar-refractivity contribution in [3.05, 3.63) is 23.8 Å². The number of aromatic hydroxyl groups is 1. The van der Waals surface area contributed by atoms with E-state index in [1.54, 1.807) is 6.07 Å². The number of benzene rings is 1. The predicted molar refractivity (Wildman–Crippen MR) is 56.4 cm³/mol. The normalized spacial score (nSPS) is 11.8. The molecule has 0 saturated heterocycles. The molecule has 1 aromatic rings. The van der Waals surface area contributed by atoms with Gasteiger partial charge in [0.2, 0.25) is 0 Å². The molecule has 0 saturated carbocycles. The summed E-state index contributed by atoms with van der Waals surface area (Å²) in [5.74, 6) is 2.52. The van der Waals surface area contributed by atoms with Gasteiger partial charge in [-0.25, -0.2) is 0 Å². The second-order valence-corrected chi connectivity index (χ2v) is 2.97. The van der Waals surface area contributed by atoms with Crippen molar-refractivity contribution in [3.8, 4) is 23.8 Å². The highest BCUT2D eigenvalue weighted by molar-refractivity contribution is 5.42. The zero-order chi connectivity index (χ0) is 11.3. The van der Waals surface area contributed by atoms with Gasteiger partial charge < -0.3 is 20.7 Å². The minimum Gasteiger partial charge on any atom is -0.504 e. The van der Waals surface area contributed by atoms with Crippen LogP contribution in [-0.4, -0.2) is 23.4 Å². The van der Waals surface area contributed by atoms with Gasteiger partial charge in [0.1, 0.15) is 6.61 Å². The average molecular weight is 207 g/mol. The van der Waals surface area contributed by atoms with Gasteiger partial charge in [-0.2, -0.15) is 0 Å². The number of hydrogen-bond acceptors (Lipinski definition) is 4. The number of terminal acetylenes is 1. The van der Waals surface area contributed by atoms with Crippen LogP contribution in [0.5, 0.6) is 11.5 Å². The molecule has 1 atom stereocenters. The van der Waals surface area contributed by atoms with Crippen LogP contribution >= 0.6 is 0 Å². The fraction of sp³-hybridized carbons (Fsp3) is 0.273. The molecule has 0 amide bonds. The molecular weight excluding hydrogens is 194 g/mol. The molecule has 4 nitrogen and oxygen atoms in total. The predicted octanol–water partition coefficient (Wildman–Crippen LogP) is 0.396. The van der Waals surface area contributed by atoms with Gasteiger partial charge in [0.15, 0.2) is 11.5 Å². The zero-order valence-corrected chi connectivity index (χ0v) is 8.18. The van der Waals surface area contributed by atoms with Crippen molar-refractivity contribution in [1.82, 2.24) is 0 Å². The Balaban J connectivity index is 2.90. The van der Waals surface area contributed by atoms with E-state index in [0.29, 0.717) is 5.56 Å². The molecule has 0 spiro atoms. The van der Waals surface area contributed by atoms with Crippen LogP contribution in [0.3, 0.4) is 0 Å². The van der Waals surface area contributed by atoms with Gasteiger partial charge in [0, 0.05) is 6.54 Å². The smallest absolute Gasteiger partial charge is 0.162 e. The second-order valence-electron chi connectivity index (χ2n) is 2.97. The standard InChI is InChI=1S/C11H13NO3/c1-2-5-15-11-6-8(10(14)7-12)3-4-9(11)13/h1,3-4,6,10,13-14H,5,7,12H2. The van der Waals surface area contributed by atoms with Crippen LogP contribution in [0.15, 0.2) is 18.2 Å². The van der Waals surface area contributed by atoms with Gasteiger partial charge in [0.05, 0.1) is 6.10 Å². The van der Waals surface area contributed by atoms with Crippen LogP contribution < -0.4 is 10.5 Å². The van der Waals surface area contributed by atoms with Crippen LogP contribution in [0.4, 0.5) is 0 Å². The fourth-order valence-electron chi connectivity index (χ4n) is 1.11. The molecule has 1 aromatic carbocycles. The number of phenolic OH excluding ortho intramolecular Hbond substituents is 1. The lowest BCUT2D eigenvalue weighted by Crippen LogP contribution is -2.11. The Labute approximate surface area is 88.3 Å². The summed E-state index contributed by atoms with van der Waals surface area (Å²) < 4.78 is 5.08. The SMILES string of the molecule is C#CCOc1cc(C(O)CN)ccc1O. The molecule has 0 aliphatic heterocycles. The summed E-state index contributed by atoms with van der Waals surface area (Å²) in [7, 11) is 0. The third kappa shape index (κ3) is 2.88. The highest BCUT2D eigenvalue weighted by Gasteiger charge is 2.09. The molecule has 1 unspecified atom stereocenters. The number of hydrogen-bond donors (Lipinski definition) is 3. The van der Waals surface area contributed by atoms with Crippen molar-refractivity contribution in [2.75, 3.05) is 13.2 Å². The summed E-state index contributed by atoms with van der Waals surface area (Å²) >= 11 is 0. The molecule has 15 heavy (non-hydrogen) atoms. The van der Waals surface area contributed by atoms with Crippen LogP contribution in [-0.2, 0) is 0 Å². The Hall–Kier alpha value is -1.70. The van der Waals surface area contributed by atoms with E-state index in [0.717, 1.165) is 0 Å². The fourth-order valence-corrected chi connectivity index (χ4v) is 1.11. The first-order valence-corrected chi connectivity index (χ1v) is 4.46. The van der Waals surface area contributed by atoms with Crippen molar-refractivity contribution in [2.24, 2.45) is 5.73 Å². The monoisotopic (exact) mass is 207 g/mol.